The highest BCUT2D eigenvalue weighted by Gasteiger charge is 2.26. The van der Waals surface area contributed by atoms with E-state index in [4.69, 9.17) is 4.74 Å². The van der Waals surface area contributed by atoms with Crippen LogP contribution in [0.2, 0.25) is 0 Å². The first-order valence-corrected chi connectivity index (χ1v) is 10.6. The van der Waals surface area contributed by atoms with Crippen LogP contribution < -0.4 is 4.74 Å². The van der Waals surface area contributed by atoms with E-state index in [2.05, 4.69) is 70.5 Å². The molecule has 0 saturated carbocycles. The molecule has 3 aromatic carbocycles. The molecule has 1 N–H and O–H groups in total. The van der Waals surface area contributed by atoms with Crippen molar-refractivity contribution in [2.75, 3.05) is 33.3 Å². The van der Waals surface area contributed by atoms with Gasteiger partial charge in [0.15, 0.2) is 0 Å². The highest BCUT2D eigenvalue weighted by atomic mass is 16.5. The van der Waals surface area contributed by atoms with Gasteiger partial charge in [0.1, 0.15) is 11.3 Å². The molecular weight excluding hydrogens is 388 g/mol. The second-order valence-corrected chi connectivity index (χ2v) is 7.88. The first-order chi connectivity index (χ1) is 15.2. The van der Waals surface area contributed by atoms with E-state index in [0.29, 0.717) is 5.75 Å². The quantitative estimate of drug-likeness (QED) is 0.622. The second-order valence-electron chi connectivity index (χ2n) is 7.88. The van der Waals surface area contributed by atoms with Crippen LogP contribution in [0, 0.1) is 0 Å². The van der Waals surface area contributed by atoms with E-state index in [1.54, 1.807) is 12.1 Å². The number of carbonyl (C=O) groups is 1. The summed E-state index contributed by atoms with van der Waals surface area (Å²) in [6, 6.07) is 27.0. The van der Waals surface area contributed by atoms with Gasteiger partial charge in [-0.25, -0.2) is 4.79 Å². The molecule has 1 saturated heterocycles. The molecule has 0 aromatic heterocycles. The van der Waals surface area contributed by atoms with Crippen molar-refractivity contribution < 1.29 is 14.6 Å². The lowest BCUT2D eigenvalue weighted by atomic mass is 9.96. The summed E-state index contributed by atoms with van der Waals surface area (Å²) in [6.07, 6.45) is 0. The lowest BCUT2D eigenvalue weighted by Gasteiger charge is -2.40. The van der Waals surface area contributed by atoms with Crippen LogP contribution in [-0.4, -0.2) is 54.2 Å². The molecule has 0 bridgehead atoms. The summed E-state index contributed by atoms with van der Waals surface area (Å²) in [6.45, 7) is 4.52. The molecule has 0 atom stereocenters. The predicted molar refractivity (Wildman–Crippen MR) is 122 cm³/mol. The van der Waals surface area contributed by atoms with Crippen molar-refractivity contribution in [2.24, 2.45) is 0 Å². The van der Waals surface area contributed by atoms with E-state index in [0.717, 1.165) is 38.3 Å². The molecule has 5 nitrogen and oxygen atoms in total. The van der Waals surface area contributed by atoms with Gasteiger partial charge < -0.3 is 9.84 Å². The van der Waals surface area contributed by atoms with Crippen LogP contribution in [0.15, 0.2) is 78.9 Å². The zero-order valence-corrected chi connectivity index (χ0v) is 17.8. The van der Waals surface area contributed by atoms with E-state index in [9.17, 15) is 9.90 Å². The third-order valence-electron chi connectivity index (χ3n) is 5.90. The van der Waals surface area contributed by atoms with Crippen molar-refractivity contribution in [1.29, 1.82) is 0 Å². The van der Waals surface area contributed by atoms with Gasteiger partial charge in [0, 0.05) is 32.7 Å². The van der Waals surface area contributed by atoms with Gasteiger partial charge in [-0.1, -0.05) is 66.7 Å². The normalized spacial score (nSPS) is 15.2. The number of hydrogen-bond acceptors (Lipinski definition) is 4. The Hall–Kier alpha value is -3.15. The van der Waals surface area contributed by atoms with Crippen LogP contribution in [0.3, 0.4) is 0 Å². The number of rotatable bonds is 7. The van der Waals surface area contributed by atoms with Gasteiger partial charge in [-0.05, 0) is 28.8 Å². The Morgan fingerprint density at radius 2 is 1.48 bits per heavy atom. The molecule has 1 fully saturated rings. The summed E-state index contributed by atoms with van der Waals surface area (Å²) < 4.78 is 5.17. The van der Waals surface area contributed by atoms with E-state index in [1.807, 2.05) is 6.07 Å². The van der Waals surface area contributed by atoms with Crippen molar-refractivity contribution in [3.8, 4) is 5.75 Å². The van der Waals surface area contributed by atoms with Crippen LogP contribution in [0.4, 0.5) is 0 Å². The number of methoxy groups -OCH3 is 1. The molecule has 0 amide bonds. The first kappa shape index (κ1) is 21.1. The number of piperazine rings is 1. The second kappa shape index (κ2) is 9.77. The predicted octanol–water partition coefficient (Wildman–Crippen LogP) is 4.30. The Labute approximate surface area is 183 Å². The fourth-order valence-electron chi connectivity index (χ4n) is 4.34. The average molecular weight is 417 g/mol. The standard InChI is InChI=1S/C26H28N2O3/c1-31-24-13-12-20(18-23(24)26(29)30)19-27-14-16-28(17-15-27)25(21-8-4-2-5-9-21)22-10-6-3-7-11-22/h2-13,18,25H,14-17,19H2,1H3,(H,29,30). The fraction of sp³-hybridized carbons (Fsp3) is 0.269. The topological polar surface area (TPSA) is 53.0 Å². The molecule has 4 rings (SSSR count). The lowest BCUT2D eigenvalue weighted by Crippen LogP contribution is -2.47. The van der Waals surface area contributed by atoms with Crippen molar-refractivity contribution in [2.45, 2.75) is 12.6 Å². The molecule has 5 heteroatoms. The van der Waals surface area contributed by atoms with Crippen molar-refractivity contribution in [3.63, 3.8) is 0 Å². The molecule has 1 aliphatic rings. The first-order valence-electron chi connectivity index (χ1n) is 10.6. The van der Waals surface area contributed by atoms with Crippen LogP contribution in [0.1, 0.15) is 33.1 Å². The van der Waals surface area contributed by atoms with Gasteiger partial charge in [-0.15, -0.1) is 0 Å². The molecule has 160 valence electrons. The molecule has 0 radical (unpaired) electrons. The Morgan fingerprint density at radius 3 is 2.00 bits per heavy atom. The van der Waals surface area contributed by atoms with Gasteiger partial charge >= 0.3 is 5.97 Å². The number of benzene rings is 3. The Kier molecular flexibility index (Phi) is 6.65. The lowest BCUT2D eigenvalue weighted by molar-refractivity contribution is 0.0693. The number of aromatic carboxylic acids is 1. The maximum absolute atomic E-state index is 11.5. The monoisotopic (exact) mass is 416 g/mol. The van der Waals surface area contributed by atoms with Crippen molar-refractivity contribution >= 4 is 5.97 Å². The Bertz CT molecular complexity index is 960. The molecule has 0 spiro atoms. The highest BCUT2D eigenvalue weighted by Crippen LogP contribution is 2.30. The smallest absolute Gasteiger partial charge is 0.339 e. The molecular formula is C26H28N2O3. The maximum Gasteiger partial charge on any atom is 0.339 e. The molecule has 31 heavy (non-hydrogen) atoms. The minimum Gasteiger partial charge on any atom is -0.496 e. The third-order valence-corrected chi connectivity index (χ3v) is 5.90. The van der Waals surface area contributed by atoms with Gasteiger partial charge in [0.25, 0.3) is 0 Å². The molecule has 0 unspecified atom stereocenters. The SMILES string of the molecule is COc1ccc(CN2CCN(C(c3ccccc3)c3ccccc3)CC2)cc1C(=O)O. The minimum atomic E-state index is -0.961. The molecule has 0 aliphatic carbocycles. The zero-order chi connectivity index (χ0) is 21.6. The Morgan fingerprint density at radius 1 is 0.903 bits per heavy atom. The molecule has 3 aromatic rings. The number of nitrogens with zero attached hydrogens (tertiary/aromatic N) is 2. The van der Waals surface area contributed by atoms with Crippen LogP contribution >= 0.6 is 0 Å². The van der Waals surface area contributed by atoms with Gasteiger partial charge in [0.2, 0.25) is 0 Å². The third kappa shape index (κ3) is 4.95. The van der Waals surface area contributed by atoms with E-state index < -0.39 is 5.97 Å². The molecule has 1 heterocycles. The molecule has 1 aliphatic heterocycles. The minimum absolute atomic E-state index is 0.215. The summed E-state index contributed by atoms with van der Waals surface area (Å²) in [4.78, 5) is 16.4. The maximum atomic E-state index is 11.5. The van der Waals surface area contributed by atoms with Crippen LogP contribution in [-0.2, 0) is 6.54 Å². The largest absolute Gasteiger partial charge is 0.496 e. The van der Waals surface area contributed by atoms with Crippen LogP contribution in [0.25, 0.3) is 0 Å². The Balaban J connectivity index is 1.46. The van der Waals surface area contributed by atoms with Crippen LogP contribution in [0.5, 0.6) is 5.75 Å². The summed E-state index contributed by atoms with van der Waals surface area (Å²) >= 11 is 0. The van der Waals surface area contributed by atoms with E-state index >= 15 is 0 Å². The number of carboxylic acids is 1. The van der Waals surface area contributed by atoms with E-state index in [1.165, 1.54) is 18.2 Å². The summed E-state index contributed by atoms with van der Waals surface area (Å²) in [5, 5.41) is 9.44. The number of carboxylic acid groups (broad SMARTS) is 1. The fourth-order valence-corrected chi connectivity index (χ4v) is 4.34. The van der Waals surface area contributed by atoms with Crippen molar-refractivity contribution in [1.82, 2.24) is 9.80 Å². The van der Waals surface area contributed by atoms with Crippen molar-refractivity contribution in [3.05, 3.63) is 101 Å². The van der Waals surface area contributed by atoms with Gasteiger partial charge in [-0.3, -0.25) is 9.80 Å². The highest BCUT2D eigenvalue weighted by molar-refractivity contribution is 5.91. The van der Waals surface area contributed by atoms with Gasteiger partial charge in [-0.2, -0.15) is 0 Å². The number of ether oxygens (including phenoxy) is 1. The zero-order valence-electron chi connectivity index (χ0n) is 17.8. The summed E-state index contributed by atoms with van der Waals surface area (Å²) in [5.41, 5.74) is 3.83. The summed E-state index contributed by atoms with van der Waals surface area (Å²) in [5.74, 6) is -0.563. The van der Waals surface area contributed by atoms with E-state index in [-0.39, 0.29) is 11.6 Å². The van der Waals surface area contributed by atoms with Gasteiger partial charge in [0.05, 0.1) is 13.2 Å². The number of hydrogen-bond donors (Lipinski definition) is 1. The average Bonchev–Trinajstić information content (AvgIpc) is 2.82. The summed E-state index contributed by atoms with van der Waals surface area (Å²) in [7, 11) is 1.50.